The monoisotopic (exact) mass is 317 g/mol. The van der Waals surface area contributed by atoms with Gasteiger partial charge in [-0.3, -0.25) is 4.79 Å². The van der Waals surface area contributed by atoms with E-state index in [1.807, 2.05) is 6.92 Å². The molecule has 1 aromatic rings. The summed E-state index contributed by atoms with van der Waals surface area (Å²) in [7, 11) is 0. The number of hydrogen-bond donors (Lipinski definition) is 2. The molecule has 0 radical (unpaired) electrons. The number of carboxylic acid groups (broad SMARTS) is 1. The quantitative estimate of drug-likeness (QED) is 0.875. The van der Waals surface area contributed by atoms with Gasteiger partial charge in [0.1, 0.15) is 5.54 Å². The maximum Gasteiger partial charge on any atom is 0.329 e. The van der Waals surface area contributed by atoms with Gasteiger partial charge in [0, 0.05) is 5.56 Å². The number of rotatable bonds is 5. The first-order valence-corrected chi connectivity index (χ1v) is 6.41. The number of carbonyl (C=O) groups is 2. The molecule has 0 aromatic carbocycles. The zero-order valence-electron chi connectivity index (χ0n) is 10.5. The van der Waals surface area contributed by atoms with Gasteiger partial charge >= 0.3 is 5.97 Å². The molecule has 18 heavy (non-hydrogen) atoms. The maximum absolute atomic E-state index is 12.0. The minimum absolute atomic E-state index is 0.130. The van der Waals surface area contributed by atoms with E-state index in [9.17, 15) is 14.7 Å². The number of aryl methyl sites for hydroxylation is 1. The van der Waals surface area contributed by atoms with Gasteiger partial charge in [0.25, 0.3) is 5.91 Å². The second-order valence-electron chi connectivity index (χ2n) is 4.40. The van der Waals surface area contributed by atoms with E-state index in [2.05, 4.69) is 21.2 Å². The SMILES string of the molecule is CCCC(C)(NC(=O)c1oc(Br)cc1C)C(=O)O. The van der Waals surface area contributed by atoms with E-state index < -0.39 is 17.4 Å². The molecule has 1 unspecified atom stereocenters. The van der Waals surface area contributed by atoms with E-state index in [1.54, 1.807) is 13.0 Å². The van der Waals surface area contributed by atoms with E-state index in [1.165, 1.54) is 6.92 Å². The Morgan fingerprint density at radius 1 is 1.56 bits per heavy atom. The maximum atomic E-state index is 12.0. The van der Waals surface area contributed by atoms with Crippen LogP contribution in [0.4, 0.5) is 0 Å². The molecule has 100 valence electrons. The van der Waals surface area contributed by atoms with Crippen molar-refractivity contribution in [2.75, 3.05) is 0 Å². The molecule has 1 amide bonds. The molecule has 1 rings (SSSR count). The van der Waals surface area contributed by atoms with Crippen LogP contribution in [0.2, 0.25) is 0 Å². The van der Waals surface area contributed by atoms with Gasteiger partial charge in [0.15, 0.2) is 10.4 Å². The smallest absolute Gasteiger partial charge is 0.329 e. The predicted octanol–water partition coefficient (Wildman–Crippen LogP) is 2.72. The topological polar surface area (TPSA) is 79.5 Å². The van der Waals surface area contributed by atoms with Gasteiger partial charge in [0.2, 0.25) is 0 Å². The molecule has 0 aliphatic heterocycles. The van der Waals surface area contributed by atoms with Crippen LogP contribution in [-0.4, -0.2) is 22.5 Å². The van der Waals surface area contributed by atoms with Gasteiger partial charge in [-0.15, -0.1) is 0 Å². The van der Waals surface area contributed by atoms with E-state index in [-0.39, 0.29) is 5.76 Å². The van der Waals surface area contributed by atoms with Crippen molar-refractivity contribution in [1.29, 1.82) is 0 Å². The van der Waals surface area contributed by atoms with Crippen LogP contribution < -0.4 is 5.32 Å². The van der Waals surface area contributed by atoms with Crippen molar-refractivity contribution in [2.45, 2.75) is 39.2 Å². The summed E-state index contributed by atoms with van der Waals surface area (Å²) in [5.74, 6) is -1.44. The first-order chi connectivity index (χ1) is 8.30. The Morgan fingerprint density at radius 2 is 2.17 bits per heavy atom. The minimum atomic E-state index is -1.28. The molecular formula is C12H16BrNO4. The summed E-state index contributed by atoms with van der Waals surface area (Å²) >= 11 is 3.13. The number of hydrogen-bond acceptors (Lipinski definition) is 3. The van der Waals surface area contributed by atoms with Crippen molar-refractivity contribution in [1.82, 2.24) is 5.32 Å². The molecule has 2 N–H and O–H groups in total. The molecular weight excluding hydrogens is 302 g/mol. The molecule has 0 aliphatic rings. The third-order valence-corrected chi connectivity index (χ3v) is 3.10. The Balaban J connectivity index is 2.92. The fraction of sp³-hybridized carbons (Fsp3) is 0.500. The second-order valence-corrected chi connectivity index (χ2v) is 5.19. The molecule has 0 aliphatic carbocycles. The van der Waals surface area contributed by atoms with Crippen LogP contribution in [-0.2, 0) is 4.79 Å². The van der Waals surface area contributed by atoms with Crippen LogP contribution in [0.5, 0.6) is 0 Å². The summed E-state index contributed by atoms with van der Waals surface area (Å²) in [6.45, 7) is 5.08. The highest BCUT2D eigenvalue weighted by Crippen LogP contribution is 2.21. The fourth-order valence-corrected chi connectivity index (χ4v) is 2.20. The number of carboxylic acids is 1. The highest BCUT2D eigenvalue weighted by atomic mass is 79.9. The molecule has 0 saturated carbocycles. The highest BCUT2D eigenvalue weighted by molar-refractivity contribution is 9.10. The van der Waals surface area contributed by atoms with Crippen LogP contribution in [0.3, 0.4) is 0 Å². The Kier molecular flexibility index (Phi) is 4.56. The van der Waals surface area contributed by atoms with Crippen molar-refractivity contribution >= 4 is 27.8 Å². The fourth-order valence-electron chi connectivity index (χ4n) is 1.70. The van der Waals surface area contributed by atoms with Gasteiger partial charge in [-0.2, -0.15) is 0 Å². The van der Waals surface area contributed by atoms with E-state index >= 15 is 0 Å². The normalized spacial score (nSPS) is 14.0. The second kappa shape index (κ2) is 5.56. The Labute approximate surface area is 114 Å². The molecule has 0 fully saturated rings. The molecule has 5 nitrogen and oxygen atoms in total. The number of halogens is 1. The average molecular weight is 318 g/mol. The van der Waals surface area contributed by atoms with Crippen LogP contribution in [0.15, 0.2) is 15.2 Å². The van der Waals surface area contributed by atoms with Crippen LogP contribution in [0, 0.1) is 6.92 Å². The number of nitrogens with one attached hydrogen (secondary N) is 1. The largest absolute Gasteiger partial charge is 0.480 e. The lowest BCUT2D eigenvalue weighted by atomic mass is 9.96. The summed E-state index contributed by atoms with van der Waals surface area (Å²) in [4.78, 5) is 23.2. The van der Waals surface area contributed by atoms with Crippen molar-refractivity contribution in [3.8, 4) is 0 Å². The molecule has 0 spiro atoms. The zero-order chi connectivity index (χ0) is 13.9. The van der Waals surface area contributed by atoms with Crippen molar-refractivity contribution < 1.29 is 19.1 Å². The van der Waals surface area contributed by atoms with Crippen LogP contribution in [0.25, 0.3) is 0 Å². The molecule has 1 heterocycles. The van der Waals surface area contributed by atoms with Gasteiger partial charge in [-0.05, 0) is 42.3 Å². The lowest BCUT2D eigenvalue weighted by Gasteiger charge is -2.25. The van der Waals surface area contributed by atoms with Crippen molar-refractivity contribution in [2.24, 2.45) is 0 Å². The lowest BCUT2D eigenvalue weighted by molar-refractivity contribution is -0.144. The predicted molar refractivity (Wildman–Crippen MR) is 69.6 cm³/mol. The van der Waals surface area contributed by atoms with Gasteiger partial charge in [-0.1, -0.05) is 13.3 Å². The first-order valence-electron chi connectivity index (χ1n) is 5.62. The number of carbonyl (C=O) groups excluding carboxylic acids is 1. The third-order valence-electron chi connectivity index (χ3n) is 2.71. The van der Waals surface area contributed by atoms with Crippen molar-refractivity contribution in [3.63, 3.8) is 0 Å². The minimum Gasteiger partial charge on any atom is -0.480 e. The van der Waals surface area contributed by atoms with Crippen molar-refractivity contribution in [3.05, 3.63) is 22.1 Å². The summed E-state index contributed by atoms with van der Waals surface area (Å²) < 4.78 is 5.63. The highest BCUT2D eigenvalue weighted by Gasteiger charge is 2.35. The molecule has 1 atom stereocenters. The number of aliphatic carboxylic acids is 1. The molecule has 0 saturated heterocycles. The molecule has 1 aromatic heterocycles. The van der Waals surface area contributed by atoms with E-state index in [4.69, 9.17) is 4.42 Å². The summed E-state index contributed by atoms with van der Waals surface area (Å²) in [6.07, 6.45) is 1.01. The summed E-state index contributed by atoms with van der Waals surface area (Å²) in [6, 6.07) is 1.66. The molecule has 6 heteroatoms. The first kappa shape index (κ1) is 14.8. The average Bonchev–Trinajstić information content (AvgIpc) is 2.57. The van der Waals surface area contributed by atoms with Gasteiger partial charge < -0.3 is 14.8 Å². The lowest BCUT2D eigenvalue weighted by Crippen LogP contribution is -2.52. The number of furan rings is 1. The van der Waals surface area contributed by atoms with Gasteiger partial charge in [0.05, 0.1) is 0 Å². The van der Waals surface area contributed by atoms with Crippen LogP contribution >= 0.6 is 15.9 Å². The number of amides is 1. The summed E-state index contributed by atoms with van der Waals surface area (Å²) in [5.41, 5.74) is -0.624. The standard InChI is InChI=1S/C12H16BrNO4/c1-4-5-12(3,11(16)17)14-10(15)9-7(2)6-8(13)18-9/h6H,4-5H2,1-3H3,(H,14,15)(H,16,17). The molecule has 0 bridgehead atoms. The third kappa shape index (κ3) is 3.13. The van der Waals surface area contributed by atoms with Crippen LogP contribution in [0.1, 0.15) is 42.8 Å². The Hall–Kier alpha value is -1.30. The summed E-state index contributed by atoms with van der Waals surface area (Å²) in [5, 5.41) is 11.7. The van der Waals surface area contributed by atoms with E-state index in [0.29, 0.717) is 23.1 Å². The Morgan fingerprint density at radius 3 is 2.56 bits per heavy atom. The zero-order valence-corrected chi connectivity index (χ0v) is 12.1. The Bertz CT molecular complexity index is 469. The van der Waals surface area contributed by atoms with E-state index in [0.717, 1.165) is 0 Å². The van der Waals surface area contributed by atoms with Gasteiger partial charge in [-0.25, -0.2) is 4.79 Å².